The van der Waals surface area contributed by atoms with Gasteiger partial charge in [-0.15, -0.1) is 12.4 Å². The standard InChI is InChI=1S/C16H14Cl3N3OS.ClH/c17-16(18,19)14(22-13(23)11-7-3-1-4-8-11)24-15(20)21-12-9-5-2-6-10-12;/h1-10,14H,(H2,20,21)(H,22,23);1H. The SMILES string of the molecule is Cl.NC(=Nc1ccccc1)SC(NC(=O)c1ccccc1)C(Cl)(Cl)Cl. The van der Waals surface area contributed by atoms with E-state index < -0.39 is 9.17 Å². The van der Waals surface area contributed by atoms with Crippen LogP contribution < -0.4 is 11.1 Å². The minimum Gasteiger partial charge on any atom is -0.378 e. The molecule has 9 heteroatoms. The zero-order chi connectivity index (χ0) is 17.6. The zero-order valence-corrected chi connectivity index (χ0v) is 16.6. The summed E-state index contributed by atoms with van der Waals surface area (Å²) in [5.74, 6) is -0.369. The van der Waals surface area contributed by atoms with E-state index >= 15 is 0 Å². The van der Waals surface area contributed by atoms with Crippen LogP contribution in [-0.2, 0) is 0 Å². The first-order valence-corrected chi connectivity index (χ1v) is 8.86. The molecule has 134 valence electrons. The molecule has 2 rings (SSSR count). The topological polar surface area (TPSA) is 67.5 Å². The van der Waals surface area contributed by atoms with Crippen molar-refractivity contribution in [2.24, 2.45) is 10.7 Å². The fourth-order valence-electron chi connectivity index (χ4n) is 1.75. The number of nitrogens with one attached hydrogen (secondary N) is 1. The average Bonchev–Trinajstić information content (AvgIpc) is 2.55. The van der Waals surface area contributed by atoms with Gasteiger partial charge in [0.1, 0.15) is 5.37 Å². The van der Waals surface area contributed by atoms with Crippen molar-refractivity contribution in [2.75, 3.05) is 0 Å². The normalized spacial score (nSPS) is 12.8. The zero-order valence-electron chi connectivity index (χ0n) is 12.7. The fraction of sp³-hybridized carbons (Fsp3) is 0.125. The van der Waals surface area contributed by atoms with Crippen molar-refractivity contribution in [1.82, 2.24) is 5.32 Å². The summed E-state index contributed by atoms with van der Waals surface area (Å²) < 4.78 is -1.76. The van der Waals surface area contributed by atoms with E-state index in [1.54, 1.807) is 36.4 Å². The van der Waals surface area contributed by atoms with Crippen molar-refractivity contribution in [3.8, 4) is 0 Å². The summed E-state index contributed by atoms with van der Waals surface area (Å²) in [6.45, 7) is 0. The molecule has 2 aromatic carbocycles. The number of carbonyl (C=O) groups is 1. The Hall–Kier alpha value is -1.11. The summed E-state index contributed by atoms with van der Waals surface area (Å²) in [5.41, 5.74) is 7.02. The van der Waals surface area contributed by atoms with Crippen LogP contribution in [0.4, 0.5) is 5.69 Å². The number of benzene rings is 2. The lowest BCUT2D eigenvalue weighted by Crippen LogP contribution is -2.42. The number of nitrogens with two attached hydrogens (primary N) is 1. The van der Waals surface area contributed by atoms with Gasteiger partial charge in [0, 0.05) is 5.56 Å². The number of para-hydroxylation sites is 1. The van der Waals surface area contributed by atoms with Crippen LogP contribution in [0.5, 0.6) is 0 Å². The Morgan fingerprint density at radius 1 is 1.04 bits per heavy atom. The molecule has 0 bridgehead atoms. The molecule has 1 atom stereocenters. The second-order valence-corrected chi connectivity index (χ2v) is 8.16. The van der Waals surface area contributed by atoms with Crippen LogP contribution in [0.25, 0.3) is 0 Å². The molecule has 0 saturated heterocycles. The first kappa shape index (κ1) is 21.9. The van der Waals surface area contributed by atoms with Gasteiger partial charge in [-0.2, -0.15) is 0 Å². The lowest BCUT2D eigenvalue weighted by atomic mass is 10.2. The second kappa shape index (κ2) is 10.1. The summed E-state index contributed by atoms with van der Waals surface area (Å²) in [7, 11) is 0. The van der Waals surface area contributed by atoms with Gasteiger partial charge in [0.05, 0.1) is 5.69 Å². The van der Waals surface area contributed by atoms with Crippen LogP contribution in [-0.4, -0.2) is 20.2 Å². The molecule has 0 heterocycles. The summed E-state index contributed by atoms with van der Waals surface area (Å²) in [5, 5.41) is 1.93. The first-order chi connectivity index (χ1) is 11.4. The lowest BCUT2D eigenvalue weighted by Gasteiger charge is -2.24. The number of alkyl halides is 3. The van der Waals surface area contributed by atoms with E-state index in [1.807, 2.05) is 24.3 Å². The maximum Gasteiger partial charge on any atom is 0.252 e. The van der Waals surface area contributed by atoms with Crippen LogP contribution in [0.15, 0.2) is 65.7 Å². The van der Waals surface area contributed by atoms with Crippen LogP contribution >= 0.6 is 59.0 Å². The maximum atomic E-state index is 12.3. The monoisotopic (exact) mass is 437 g/mol. The molecule has 0 aromatic heterocycles. The van der Waals surface area contributed by atoms with E-state index in [2.05, 4.69) is 10.3 Å². The van der Waals surface area contributed by atoms with E-state index in [9.17, 15) is 4.79 Å². The molecule has 2 aromatic rings. The molecular formula is C16H15Cl4N3OS. The van der Waals surface area contributed by atoms with E-state index in [0.717, 1.165) is 11.8 Å². The first-order valence-electron chi connectivity index (χ1n) is 6.85. The molecule has 0 saturated carbocycles. The van der Waals surface area contributed by atoms with Crippen molar-refractivity contribution >= 4 is 75.7 Å². The summed E-state index contributed by atoms with van der Waals surface area (Å²) in [4.78, 5) is 16.5. The molecule has 0 aliphatic heterocycles. The number of hydrogen-bond acceptors (Lipinski definition) is 3. The third-order valence-electron chi connectivity index (χ3n) is 2.83. The average molecular weight is 439 g/mol. The molecule has 0 spiro atoms. The van der Waals surface area contributed by atoms with Crippen LogP contribution in [0.1, 0.15) is 10.4 Å². The number of aliphatic imine (C=N–C) groups is 1. The minimum absolute atomic E-state index is 0. The van der Waals surface area contributed by atoms with Gasteiger partial charge in [-0.1, -0.05) is 83.0 Å². The lowest BCUT2D eigenvalue weighted by molar-refractivity contribution is 0.0950. The molecule has 4 nitrogen and oxygen atoms in total. The molecule has 0 radical (unpaired) electrons. The Bertz CT molecular complexity index is 708. The smallest absolute Gasteiger partial charge is 0.252 e. The van der Waals surface area contributed by atoms with E-state index in [-0.39, 0.29) is 23.5 Å². The number of carbonyl (C=O) groups excluding carboxylic acids is 1. The van der Waals surface area contributed by atoms with Gasteiger partial charge in [-0.25, -0.2) is 4.99 Å². The molecule has 1 unspecified atom stereocenters. The highest BCUT2D eigenvalue weighted by molar-refractivity contribution is 8.14. The number of hydrogen-bond donors (Lipinski definition) is 2. The Labute approximate surface area is 171 Å². The molecule has 0 fully saturated rings. The van der Waals surface area contributed by atoms with Crippen molar-refractivity contribution in [3.63, 3.8) is 0 Å². The number of halogens is 4. The molecule has 0 aliphatic carbocycles. The highest BCUT2D eigenvalue weighted by atomic mass is 35.6. The van der Waals surface area contributed by atoms with Gasteiger partial charge >= 0.3 is 0 Å². The largest absolute Gasteiger partial charge is 0.378 e. The van der Waals surface area contributed by atoms with Crippen molar-refractivity contribution in [3.05, 3.63) is 66.2 Å². The predicted molar refractivity (Wildman–Crippen MR) is 111 cm³/mol. The van der Waals surface area contributed by atoms with Gasteiger partial charge in [0.25, 0.3) is 5.91 Å². The quantitative estimate of drug-likeness (QED) is 0.308. The Balaban J connectivity index is 0.00000312. The van der Waals surface area contributed by atoms with Gasteiger partial charge in [0.15, 0.2) is 5.17 Å². The number of amides is 1. The number of thioether (sulfide) groups is 1. The predicted octanol–water partition coefficient (Wildman–Crippen LogP) is 4.91. The van der Waals surface area contributed by atoms with Crippen molar-refractivity contribution in [1.29, 1.82) is 0 Å². The van der Waals surface area contributed by atoms with Gasteiger partial charge in [-0.3, -0.25) is 4.79 Å². The van der Waals surface area contributed by atoms with Crippen LogP contribution in [0, 0.1) is 0 Å². The number of nitrogens with zero attached hydrogens (tertiary/aromatic N) is 1. The fourth-order valence-corrected chi connectivity index (χ4v) is 3.01. The van der Waals surface area contributed by atoms with Crippen LogP contribution in [0.3, 0.4) is 0 Å². The van der Waals surface area contributed by atoms with E-state index in [4.69, 9.17) is 40.5 Å². The van der Waals surface area contributed by atoms with E-state index in [1.165, 1.54) is 0 Å². The van der Waals surface area contributed by atoms with Crippen molar-refractivity contribution < 1.29 is 4.79 Å². The third kappa shape index (κ3) is 7.34. The molecular weight excluding hydrogens is 424 g/mol. The molecule has 1 amide bonds. The van der Waals surface area contributed by atoms with E-state index in [0.29, 0.717) is 11.3 Å². The van der Waals surface area contributed by atoms with Crippen LogP contribution in [0.2, 0.25) is 0 Å². The number of amidine groups is 1. The Morgan fingerprint density at radius 2 is 1.56 bits per heavy atom. The van der Waals surface area contributed by atoms with Gasteiger partial charge < -0.3 is 11.1 Å². The maximum absolute atomic E-state index is 12.3. The second-order valence-electron chi connectivity index (χ2n) is 4.66. The third-order valence-corrected chi connectivity index (χ3v) is 4.91. The highest BCUT2D eigenvalue weighted by Gasteiger charge is 2.35. The van der Waals surface area contributed by atoms with Gasteiger partial charge in [0.2, 0.25) is 3.79 Å². The highest BCUT2D eigenvalue weighted by Crippen LogP contribution is 2.36. The Morgan fingerprint density at radius 3 is 2.08 bits per heavy atom. The summed E-state index contributed by atoms with van der Waals surface area (Å²) in [6, 6.07) is 17.7. The minimum atomic E-state index is -1.76. The molecule has 0 aliphatic rings. The number of rotatable bonds is 4. The Kier molecular flexibility index (Phi) is 8.89. The van der Waals surface area contributed by atoms with Crippen molar-refractivity contribution in [2.45, 2.75) is 9.17 Å². The molecule has 3 N–H and O–H groups in total. The summed E-state index contributed by atoms with van der Waals surface area (Å²) >= 11 is 18.9. The molecule has 25 heavy (non-hydrogen) atoms. The summed E-state index contributed by atoms with van der Waals surface area (Å²) in [6.07, 6.45) is 0. The van der Waals surface area contributed by atoms with Gasteiger partial charge in [-0.05, 0) is 24.3 Å².